The van der Waals surface area contributed by atoms with E-state index in [0.29, 0.717) is 0 Å². The lowest BCUT2D eigenvalue weighted by atomic mass is 10.2. The average Bonchev–Trinajstić information content (AvgIpc) is 2.01. The Morgan fingerprint density at radius 1 is 1.50 bits per heavy atom. The van der Waals surface area contributed by atoms with Crippen LogP contribution in [0.3, 0.4) is 0 Å². The van der Waals surface area contributed by atoms with E-state index in [1.54, 1.807) is 6.07 Å². The molecule has 0 bridgehead atoms. The van der Waals surface area contributed by atoms with Gasteiger partial charge in [0.25, 0.3) is 10.2 Å². The maximum Gasteiger partial charge on any atom is 0.296 e. The molecular formula is C7H6FN3O2S. The van der Waals surface area contributed by atoms with Crippen molar-refractivity contribution in [3.05, 3.63) is 29.6 Å². The Morgan fingerprint density at radius 3 is 2.57 bits per heavy atom. The van der Waals surface area contributed by atoms with E-state index >= 15 is 0 Å². The number of benzene rings is 1. The Hall–Kier alpha value is -1.65. The lowest BCUT2D eigenvalue weighted by Crippen LogP contribution is -2.21. The van der Waals surface area contributed by atoms with Crippen molar-refractivity contribution in [2.75, 3.05) is 4.72 Å². The molecule has 0 radical (unpaired) electrons. The predicted octanol–water partition coefficient (Wildman–Crippen LogP) is 0.313. The summed E-state index contributed by atoms with van der Waals surface area (Å²) >= 11 is 0. The number of halogens is 1. The van der Waals surface area contributed by atoms with Crippen molar-refractivity contribution in [3.8, 4) is 6.07 Å². The second-order valence-electron chi connectivity index (χ2n) is 2.45. The highest BCUT2D eigenvalue weighted by molar-refractivity contribution is 7.90. The lowest BCUT2D eigenvalue weighted by Gasteiger charge is -2.03. The number of hydrogen-bond acceptors (Lipinski definition) is 3. The minimum Gasteiger partial charge on any atom is -0.271 e. The van der Waals surface area contributed by atoms with E-state index in [-0.39, 0.29) is 11.3 Å². The maximum atomic E-state index is 12.9. The zero-order valence-corrected chi connectivity index (χ0v) is 7.68. The second kappa shape index (κ2) is 3.61. The minimum absolute atomic E-state index is 0.0241. The van der Waals surface area contributed by atoms with Crippen LogP contribution >= 0.6 is 0 Å². The van der Waals surface area contributed by atoms with Gasteiger partial charge in [0.05, 0.1) is 11.3 Å². The van der Waals surface area contributed by atoms with Crippen LogP contribution in [0.2, 0.25) is 0 Å². The summed E-state index contributed by atoms with van der Waals surface area (Å²) in [6, 6.07) is 4.88. The molecule has 0 aliphatic heterocycles. The first-order valence-corrected chi connectivity index (χ1v) is 4.97. The Balaban J connectivity index is 3.06. The minimum atomic E-state index is -3.91. The number of nitrogens with two attached hydrogens (primary N) is 1. The third-order valence-electron chi connectivity index (χ3n) is 1.35. The van der Waals surface area contributed by atoms with Gasteiger partial charge in [0.1, 0.15) is 11.9 Å². The summed E-state index contributed by atoms with van der Waals surface area (Å²) < 4.78 is 35.9. The number of rotatable bonds is 2. The highest BCUT2D eigenvalue weighted by Gasteiger charge is 2.06. The monoisotopic (exact) mass is 215 g/mol. The van der Waals surface area contributed by atoms with Gasteiger partial charge in [0.15, 0.2) is 0 Å². The number of hydrogen-bond donors (Lipinski definition) is 2. The molecule has 74 valence electrons. The van der Waals surface area contributed by atoms with Gasteiger partial charge in [-0.05, 0) is 18.2 Å². The molecule has 0 saturated heterocycles. The fourth-order valence-electron chi connectivity index (χ4n) is 0.834. The highest BCUT2D eigenvalue weighted by atomic mass is 32.2. The van der Waals surface area contributed by atoms with Gasteiger partial charge < -0.3 is 0 Å². The smallest absolute Gasteiger partial charge is 0.271 e. The molecule has 7 heteroatoms. The number of anilines is 1. The molecule has 14 heavy (non-hydrogen) atoms. The van der Waals surface area contributed by atoms with Crippen molar-refractivity contribution in [2.24, 2.45) is 5.14 Å². The predicted molar refractivity (Wildman–Crippen MR) is 47.8 cm³/mol. The van der Waals surface area contributed by atoms with Crippen LogP contribution in [0.25, 0.3) is 0 Å². The molecule has 0 aromatic heterocycles. The molecule has 0 fully saturated rings. The van der Waals surface area contributed by atoms with Crippen LogP contribution in [0.15, 0.2) is 18.2 Å². The summed E-state index contributed by atoms with van der Waals surface area (Å²) in [5, 5.41) is 13.1. The van der Waals surface area contributed by atoms with E-state index in [2.05, 4.69) is 5.14 Å². The zero-order chi connectivity index (χ0) is 10.8. The van der Waals surface area contributed by atoms with E-state index in [1.807, 2.05) is 4.72 Å². The molecule has 0 amide bonds. The molecule has 0 heterocycles. The zero-order valence-electron chi connectivity index (χ0n) is 6.86. The van der Waals surface area contributed by atoms with Crippen molar-refractivity contribution in [1.82, 2.24) is 0 Å². The molecular weight excluding hydrogens is 209 g/mol. The third kappa shape index (κ3) is 2.69. The second-order valence-corrected chi connectivity index (χ2v) is 3.75. The van der Waals surface area contributed by atoms with Crippen molar-refractivity contribution in [2.45, 2.75) is 0 Å². The summed E-state index contributed by atoms with van der Waals surface area (Å²) in [5.74, 6) is -0.804. The number of nitriles is 1. The number of nitrogens with zero attached hydrogens (tertiary/aromatic N) is 1. The Labute approximate surface area is 80.1 Å². The maximum absolute atomic E-state index is 12.9. The SMILES string of the molecule is N#Cc1ccc(NS(N)(=O)=O)cc1F. The highest BCUT2D eigenvalue weighted by Crippen LogP contribution is 2.13. The van der Waals surface area contributed by atoms with Gasteiger partial charge >= 0.3 is 0 Å². The first kappa shape index (κ1) is 10.4. The van der Waals surface area contributed by atoms with Gasteiger partial charge in [-0.2, -0.15) is 13.7 Å². The Morgan fingerprint density at radius 2 is 2.14 bits per heavy atom. The van der Waals surface area contributed by atoms with Crippen LogP contribution in [-0.2, 0) is 10.2 Å². The molecule has 1 rings (SSSR count). The quantitative estimate of drug-likeness (QED) is 0.743. The molecule has 5 nitrogen and oxygen atoms in total. The molecule has 0 spiro atoms. The van der Waals surface area contributed by atoms with Crippen LogP contribution in [-0.4, -0.2) is 8.42 Å². The lowest BCUT2D eigenvalue weighted by molar-refractivity contribution is 0.602. The molecule has 0 atom stereocenters. The van der Waals surface area contributed by atoms with E-state index < -0.39 is 16.0 Å². The van der Waals surface area contributed by atoms with E-state index in [0.717, 1.165) is 12.1 Å². The topological polar surface area (TPSA) is 96.0 Å². The van der Waals surface area contributed by atoms with E-state index in [9.17, 15) is 12.8 Å². The molecule has 0 aliphatic rings. The number of nitrogens with one attached hydrogen (secondary N) is 1. The summed E-state index contributed by atoms with van der Waals surface area (Å²) in [5.41, 5.74) is -0.186. The average molecular weight is 215 g/mol. The van der Waals surface area contributed by atoms with Gasteiger partial charge in [-0.15, -0.1) is 0 Å². The van der Waals surface area contributed by atoms with Gasteiger partial charge in [-0.3, -0.25) is 4.72 Å². The van der Waals surface area contributed by atoms with Crippen LogP contribution in [0.1, 0.15) is 5.56 Å². The normalized spacial score (nSPS) is 10.6. The van der Waals surface area contributed by atoms with Crippen molar-refractivity contribution < 1.29 is 12.8 Å². The molecule has 3 N–H and O–H groups in total. The van der Waals surface area contributed by atoms with E-state index in [4.69, 9.17) is 5.26 Å². The Kier molecular flexibility index (Phi) is 2.69. The van der Waals surface area contributed by atoms with Crippen LogP contribution in [0, 0.1) is 17.1 Å². The Bertz CT molecular complexity index is 492. The van der Waals surface area contributed by atoms with Gasteiger partial charge in [-0.25, -0.2) is 9.53 Å². The van der Waals surface area contributed by atoms with Crippen molar-refractivity contribution in [1.29, 1.82) is 5.26 Å². The largest absolute Gasteiger partial charge is 0.296 e. The fourth-order valence-corrected chi connectivity index (χ4v) is 1.29. The summed E-state index contributed by atoms with van der Waals surface area (Å²) in [4.78, 5) is 0. The molecule has 0 saturated carbocycles. The van der Waals surface area contributed by atoms with Crippen molar-refractivity contribution >= 4 is 15.9 Å². The first-order chi connectivity index (χ1) is 6.42. The summed E-state index contributed by atoms with van der Waals surface area (Å²) in [7, 11) is -3.91. The molecule has 1 aromatic carbocycles. The molecule has 0 unspecified atom stereocenters. The standard InChI is InChI=1S/C7H6FN3O2S/c8-7-3-6(11-14(10,12)13)2-1-5(7)4-9/h1-3,11H,(H2,10,12,13). The van der Waals surface area contributed by atoms with Crippen LogP contribution < -0.4 is 9.86 Å². The van der Waals surface area contributed by atoms with Gasteiger partial charge in [-0.1, -0.05) is 0 Å². The van der Waals surface area contributed by atoms with Gasteiger partial charge in [0, 0.05) is 0 Å². The van der Waals surface area contributed by atoms with Gasteiger partial charge in [0.2, 0.25) is 0 Å². The summed E-state index contributed by atoms with van der Waals surface area (Å²) in [6.07, 6.45) is 0. The summed E-state index contributed by atoms with van der Waals surface area (Å²) in [6.45, 7) is 0. The van der Waals surface area contributed by atoms with Crippen LogP contribution in [0.5, 0.6) is 0 Å². The molecule has 0 aliphatic carbocycles. The third-order valence-corrected chi connectivity index (χ3v) is 1.87. The van der Waals surface area contributed by atoms with Crippen molar-refractivity contribution in [3.63, 3.8) is 0 Å². The van der Waals surface area contributed by atoms with Crippen LogP contribution in [0.4, 0.5) is 10.1 Å². The first-order valence-electron chi connectivity index (χ1n) is 3.42. The molecule has 1 aromatic rings. The van der Waals surface area contributed by atoms with E-state index in [1.165, 1.54) is 6.07 Å². The fraction of sp³-hybridized carbons (Fsp3) is 0.